The van der Waals surface area contributed by atoms with Crippen molar-refractivity contribution in [1.82, 2.24) is 0 Å². The van der Waals surface area contributed by atoms with E-state index in [1.54, 1.807) is 0 Å². The van der Waals surface area contributed by atoms with Crippen molar-refractivity contribution in [3.63, 3.8) is 0 Å². The molecule has 2 rings (SSSR count). The first-order valence-electron chi connectivity index (χ1n) is 4.57. The Morgan fingerprint density at radius 3 is 2.65 bits per heavy atom. The average molecular weight is 239 g/mol. The van der Waals surface area contributed by atoms with Gasteiger partial charge in [0.1, 0.15) is 11.5 Å². The molecule has 0 atom stereocenters. The molecule has 3 N–H and O–H groups in total. The highest BCUT2D eigenvalue weighted by atomic mass is 19.2. The summed E-state index contributed by atoms with van der Waals surface area (Å²) in [6.07, 6.45) is -1.06. The van der Waals surface area contributed by atoms with Crippen LogP contribution in [0.25, 0.3) is 10.8 Å². The predicted octanol–water partition coefficient (Wildman–Crippen LogP) is 2.28. The van der Waals surface area contributed by atoms with Crippen molar-refractivity contribution in [3.05, 3.63) is 35.9 Å². The van der Waals surface area contributed by atoms with Gasteiger partial charge in [-0.2, -0.15) is 0 Å². The van der Waals surface area contributed by atoms with Crippen molar-refractivity contribution in [2.24, 2.45) is 5.73 Å². The molecular weight excluding hydrogens is 232 g/mol. The number of hydrogen-bond acceptors (Lipinski definition) is 3. The second kappa shape index (κ2) is 3.89. The molecule has 0 unspecified atom stereocenters. The van der Waals surface area contributed by atoms with Crippen LogP contribution in [-0.4, -0.2) is 11.2 Å². The Morgan fingerprint density at radius 1 is 1.29 bits per heavy atom. The number of rotatable bonds is 1. The molecule has 4 nitrogen and oxygen atoms in total. The largest absolute Gasteiger partial charge is 0.507 e. The third-order valence-corrected chi connectivity index (χ3v) is 2.18. The van der Waals surface area contributed by atoms with Crippen LogP contribution in [0.1, 0.15) is 0 Å². The molecule has 0 aliphatic rings. The lowest BCUT2D eigenvalue weighted by Gasteiger charge is -2.06. The number of fused-ring (bicyclic) bond motifs is 1. The second-order valence-electron chi connectivity index (χ2n) is 3.32. The molecule has 0 aromatic heterocycles. The molecule has 0 aliphatic heterocycles. The molecule has 2 aromatic carbocycles. The molecular formula is C11H7F2NO3. The Kier molecular flexibility index (Phi) is 2.55. The number of primary amides is 1. The van der Waals surface area contributed by atoms with Gasteiger partial charge in [0.15, 0.2) is 11.6 Å². The standard InChI is InChI=1S/C11H7F2NO3/c12-7-2-1-5-3-6(17-11(14)16)4-8(15)9(5)10(7)13/h1-4,15H,(H2,14,16). The van der Waals surface area contributed by atoms with E-state index in [4.69, 9.17) is 5.73 Å². The Balaban J connectivity index is 2.68. The summed E-state index contributed by atoms with van der Waals surface area (Å²) in [6.45, 7) is 0. The van der Waals surface area contributed by atoms with E-state index in [1.165, 1.54) is 12.1 Å². The molecule has 0 spiro atoms. The van der Waals surface area contributed by atoms with Crippen molar-refractivity contribution in [2.75, 3.05) is 0 Å². The first-order valence-corrected chi connectivity index (χ1v) is 4.57. The molecule has 17 heavy (non-hydrogen) atoms. The van der Waals surface area contributed by atoms with Crippen LogP contribution in [0.3, 0.4) is 0 Å². The average Bonchev–Trinajstić information content (AvgIpc) is 2.22. The normalized spacial score (nSPS) is 10.5. The molecule has 0 saturated heterocycles. The van der Waals surface area contributed by atoms with Gasteiger partial charge in [-0.25, -0.2) is 13.6 Å². The number of halogens is 2. The smallest absolute Gasteiger partial charge is 0.409 e. The summed E-state index contributed by atoms with van der Waals surface area (Å²) < 4.78 is 30.9. The van der Waals surface area contributed by atoms with E-state index >= 15 is 0 Å². The van der Waals surface area contributed by atoms with Gasteiger partial charge in [0.2, 0.25) is 0 Å². The summed E-state index contributed by atoms with van der Waals surface area (Å²) in [4.78, 5) is 10.5. The summed E-state index contributed by atoms with van der Waals surface area (Å²) in [5.74, 6) is -2.81. The van der Waals surface area contributed by atoms with Crippen LogP contribution in [0.4, 0.5) is 13.6 Å². The summed E-state index contributed by atoms with van der Waals surface area (Å²) in [5, 5.41) is 9.45. The van der Waals surface area contributed by atoms with E-state index in [2.05, 4.69) is 4.74 Å². The Hall–Kier alpha value is -2.37. The SMILES string of the molecule is NC(=O)Oc1cc(O)c2c(F)c(F)ccc2c1. The number of nitrogens with two attached hydrogens (primary N) is 1. The molecule has 88 valence electrons. The number of aromatic hydroxyl groups is 1. The van der Waals surface area contributed by atoms with Crippen LogP contribution in [0, 0.1) is 11.6 Å². The maximum atomic E-state index is 13.4. The fourth-order valence-corrected chi connectivity index (χ4v) is 1.52. The zero-order valence-electron chi connectivity index (χ0n) is 8.41. The van der Waals surface area contributed by atoms with Gasteiger partial charge in [-0.05, 0) is 17.5 Å². The quantitative estimate of drug-likeness (QED) is 0.801. The van der Waals surface area contributed by atoms with Crippen LogP contribution in [0.2, 0.25) is 0 Å². The molecule has 2 aromatic rings. The Bertz CT molecular complexity index is 613. The molecule has 1 amide bonds. The maximum Gasteiger partial charge on any atom is 0.409 e. The first kappa shape index (κ1) is 11.1. The number of carbonyl (C=O) groups is 1. The lowest BCUT2D eigenvalue weighted by Crippen LogP contribution is -2.16. The van der Waals surface area contributed by atoms with Crippen LogP contribution in [-0.2, 0) is 0 Å². The molecule has 6 heteroatoms. The van der Waals surface area contributed by atoms with Gasteiger partial charge in [0.25, 0.3) is 0 Å². The Morgan fingerprint density at radius 2 is 2.00 bits per heavy atom. The van der Waals surface area contributed by atoms with Crippen molar-refractivity contribution in [3.8, 4) is 11.5 Å². The number of phenolic OH excluding ortho intramolecular Hbond substituents is 1. The number of benzene rings is 2. The minimum absolute atomic E-state index is 0.0477. The lowest BCUT2D eigenvalue weighted by atomic mass is 10.1. The van der Waals surface area contributed by atoms with E-state index in [9.17, 15) is 18.7 Å². The van der Waals surface area contributed by atoms with Gasteiger partial charge in [0, 0.05) is 6.07 Å². The lowest BCUT2D eigenvalue weighted by molar-refractivity contribution is 0.211. The first-order chi connectivity index (χ1) is 7.99. The summed E-state index contributed by atoms with van der Waals surface area (Å²) >= 11 is 0. The zero-order valence-corrected chi connectivity index (χ0v) is 8.41. The zero-order chi connectivity index (χ0) is 12.6. The van der Waals surface area contributed by atoms with Gasteiger partial charge in [-0.1, -0.05) is 6.07 Å². The minimum Gasteiger partial charge on any atom is -0.507 e. The van der Waals surface area contributed by atoms with Gasteiger partial charge < -0.3 is 15.6 Å². The molecule has 0 aliphatic carbocycles. The highest BCUT2D eigenvalue weighted by molar-refractivity contribution is 5.90. The summed E-state index contributed by atoms with van der Waals surface area (Å²) in [5.41, 5.74) is 4.80. The molecule has 0 heterocycles. The maximum absolute atomic E-state index is 13.4. The number of amides is 1. The van der Waals surface area contributed by atoms with Crippen molar-refractivity contribution >= 4 is 16.9 Å². The highest BCUT2D eigenvalue weighted by Gasteiger charge is 2.13. The monoisotopic (exact) mass is 239 g/mol. The van der Waals surface area contributed by atoms with Crippen molar-refractivity contribution < 1.29 is 23.4 Å². The van der Waals surface area contributed by atoms with Gasteiger partial charge >= 0.3 is 6.09 Å². The van der Waals surface area contributed by atoms with E-state index in [0.717, 1.165) is 12.1 Å². The van der Waals surface area contributed by atoms with Crippen LogP contribution in [0.15, 0.2) is 24.3 Å². The third-order valence-electron chi connectivity index (χ3n) is 2.18. The molecule has 0 fully saturated rings. The highest BCUT2D eigenvalue weighted by Crippen LogP contribution is 2.33. The molecule has 0 radical (unpaired) electrons. The fourth-order valence-electron chi connectivity index (χ4n) is 1.52. The fraction of sp³-hybridized carbons (Fsp3) is 0. The van der Waals surface area contributed by atoms with Crippen LogP contribution < -0.4 is 10.5 Å². The van der Waals surface area contributed by atoms with Crippen molar-refractivity contribution in [1.29, 1.82) is 0 Å². The van der Waals surface area contributed by atoms with E-state index < -0.39 is 23.5 Å². The summed E-state index contributed by atoms with van der Waals surface area (Å²) in [6, 6.07) is 4.41. The second-order valence-corrected chi connectivity index (χ2v) is 3.32. The molecule has 0 saturated carbocycles. The number of carbonyl (C=O) groups excluding carboxylic acids is 1. The van der Waals surface area contributed by atoms with E-state index in [-0.39, 0.29) is 16.5 Å². The van der Waals surface area contributed by atoms with E-state index in [1.807, 2.05) is 0 Å². The van der Waals surface area contributed by atoms with Crippen LogP contribution in [0.5, 0.6) is 11.5 Å². The predicted molar refractivity (Wildman–Crippen MR) is 55.7 cm³/mol. The van der Waals surface area contributed by atoms with Crippen molar-refractivity contribution in [2.45, 2.75) is 0 Å². The third kappa shape index (κ3) is 1.96. The van der Waals surface area contributed by atoms with Gasteiger partial charge in [0.05, 0.1) is 5.39 Å². The van der Waals surface area contributed by atoms with Crippen LogP contribution >= 0.6 is 0 Å². The van der Waals surface area contributed by atoms with Gasteiger partial charge in [-0.3, -0.25) is 0 Å². The topological polar surface area (TPSA) is 72.6 Å². The van der Waals surface area contributed by atoms with E-state index in [0.29, 0.717) is 0 Å². The summed E-state index contributed by atoms with van der Waals surface area (Å²) in [7, 11) is 0. The minimum atomic E-state index is -1.16. The Labute approximate surface area is 94.2 Å². The molecule has 0 bridgehead atoms. The van der Waals surface area contributed by atoms with Gasteiger partial charge in [-0.15, -0.1) is 0 Å². The number of ether oxygens (including phenoxy) is 1. The number of phenols is 1. The number of hydrogen-bond donors (Lipinski definition) is 2.